The van der Waals surface area contributed by atoms with Crippen molar-refractivity contribution in [2.75, 3.05) is 13.7 Å². The van der Waals surface area contributed by atoms with Crippen molar-refractivity contribution in [3.63, 3.8) is 0 Å². The number of hydrogen-bond donors (Lipinski definition) is 0. The monoisotopic (exact) mass is 267 g/mol. The van der Waals surface area contributed by atoms with E-state index in [1.54, 1.807) is 7.11 Å². The highest BCUT2D eigenvalue weighted by Gasteiger charge is 2.10. The molecule has 0 bridgehead atoms. The van der Waals surface area contributed by atoms with Gasteiger partial charge in [-0.1, -0.05) is 0 Å². The van der Waals surface area contributed by atoms with E-state index in [1.807, 2.05) is 19.1 Å². The number of halogens is 1. The lowest BCUT2D eigenvalue weighted by Crippen LogP contribution is -2.04. The largest absolute Gasteiger partial charge is 0.385 e. The molecule has 2 rings (SSSR count). The molecule has 98 valence electrons. The van der Waals surface area contributed by atoms with Gasteiger partial charge in [-0.25, -0.2) is 9.97 Å². The van der Waals surface area contributed by atoms with Crippen molar-refractivity contribution < 1.29 is 4.74 Å². The van der Waals surface area contributed by atoms with Crippen LogP contribution >= 0.6 is 11.6 Å². The van der Waals surface area contributed by atoms with E-state index in [4.69, 9.17) is 16.3 Å². The van der Waals surface area contributed by atoms with Crippen LogP contribution in [0.2, 0.25) is 0 Å². The Balaban J connectivity index is 2.25. The highest BCUT2D eigenvalue weighted by molar-refractivity contribution is 6.16. The molecule has 0 amide bonds. The number of aromatic nitrogens is 3. The minimum absolute atomic E-state index is 0.416. The average molecular weight is 268 g/mol. The molecule has 0 spiro atoms. The first kappa shape index (κ1) is 13.3. The minimum atomic E-state index is 0.416. The van der Waals surface area contributed by atoms with E-state index in [9.17, 15) is 0 Å². The minimum Gasteiger partial charge on any atom is -0.385 e. The third-order valence-corrected chi connectivity index (χ3v) is 3.15. The zero-order chi connectivity index (χ0) is 13.0. The van der Waals surface area contributed by atoms with Gasteiger partial charge in [-0.2, -0.15) is 0 Å². The van der Waals surface area contributed by atoms with Gasteiger partial charge in [0.05, 0.1) is 5.88 Å². The normalized spacial score (nSPS) is 11.3. The van der Waals surface area contributed by atoms with E-state index in [0.717, 1.165) is 48.7 Å². The van der Waals surface area contributed by atoms with E-state index in [0.29, 0.717) is 5.88 Å². The van der Waals surface area contributed by atoms with Crippen LogP contribution in [0.1, 0.15) is 24.4 Å². The molecule has 18 heavy (non-hydrogen) atoms. The highest BCUT2D eigenvalue weighted by atomic mass is 35.5. The summed E-state index contributed by atoms with van der Waals surface area (Å²) < 4.78 is 7.17. The Kier molecular flexibility index (Phi) is 4.55. The number of imidazole rings is 1. The summed E-state index contributed by atoms with van der Waals surface area (Å²) in [6, 6.07) is 3.97. The second-order valence-corrected chi connectivity index (χ2v) is 4.58. The van der Waals surface area contributed by atoms with Gasteiger partial charge in [0.15, 0.2) is 5.65 Å². The highest BCUT2D eigenvalue weighted by Crippen LogP contribution is 2.17. The van der Waals surface area contributed by atoms with Gasteiger partial charge in [0.25, 0.3) is 0 Å². The van der Waals surface area contributed by atoms with Gasteiger partial charge < -0.3 is 9.30 Å². The van der Waals surface area contributed by atoms with E-state index in [-0.39, 0.29) is 0 Å². The second-order valence-electron chi connectivity index (χ2n) is 4.31. The standard InChI is InChI=1S/C13H18ClN3O/c1-10-5-6-11-13(15-10)17(12(9-14)16-11)7-3-4-8-18-2/h5-6H,3-4,7-9H2,1-2H3. The molecule has 5 heteroatoms. The molecule has 0 saturated carbocycles. The molecular weight excluding hydrogens is 250 g/mol. The quantitative estimate of drug-likeness (QED) is 0.597. The topological polar surface area (TPSA) is 39.9 Å². The smallest absolute Gasteiger partial charge is 0.160 e. The van der Waals surface area contributed by atoms with Gasteiger partial charge in [0.1, 0.15) is 11.3 Å². The first-order chi connectivity index (χ1) is 8.76. The summed E-state index contributed by atoms with van der Waals surface area (Å²) in [4.78, 5) is 9.06. The zero-order valence-electron chi connectivity index (χ0n) is 10.8. The fourth-order valence-electron chi connectivity index (χ4n) is 2.00. The lowest BCUT2D eigenvalue weighted by Gasteiger charge is -2.07. The summed E-state index contributed by atoms with van der Waals surface area (Å²) >= 11 is 5.95. The van der Waals surface area contributed by atoms with Gasteiger partial charge in [0.2, 0.25) is 0 Å². The molecule has 0 N–H and O–H groups in total. The number of unbranched alkanes of at least 4 members (excludes halogenated alkanes) is 1. The Morgan fingerprint density at radius 1 is 1.28 bits per heavy atom. The van der Waals surface area contributed by atoms with Crippen molar-refractivity contribution in [2.24, 2.45) is 0 Å². The number of nitrogens with zero attached hydrogens (tertiary/aromatic N) is 3. The van der Waals surface area contributed by atoms with Crippen LogP contribution in [0.25, 0.3) is 11.2 Å². The Labute approximate surface area is 112 Å². The number of methoxy groups -OCH3 is 1. The lowest BCUT2D eigenvalue weighted by atomic mass is 10.3. The number of rotatable bonds is 6. The third kappa shape index (κ3) is 2.82. The summed E-state index contributed by atoms with van der Waals surface area (Å²) in [6.45, 7) is 3.66. The zero-order valence-corrected chi connectivity index (χ0v) is 11.6. The van der Waals surface area contributed by atoms with Crippen molar-refractivity contribution in [2.45, 2.75) is 32.2 Å². The molecule has 0 atom stereocenters. The Hall–Kier alpha value is -1.13. The number of pyridine rings is 1. The maximum atomic E-state index is 5.95. The molecule has 0 aliphatic heterocycles. The van der Waals surface area contributed by atoms with Crippen molar-refractivity contribution >= 4 is 22.8 Å². The van der Waals surface area contributed by atoms with Crippen molar-refractivity contribution in [3.05, 3.63) is 23.7 Å². The number of aryl methyl sites for hydroxylation is 2. The molecule has 0 aliphatic carbocycles. The second kappa shape index (κ2) is 6.16. The maximum Gasteiger partial charge on any atom is 0.160 e. The predicted molar refractivity (Wildman–Crippen MR) is 72.9 cm³/mol. The molecule has 0 unspecified atom stereocenters. The number of alkyl halides is 1. The first-order valence-corrected chi connectivity index (χ1v) is 6.67. The fourth-order valence-corrected chi connectivity index (χ4v) is 2.20. The molecule has 0 aromatic carbocycles. The summed E-state index contributed by atoms with van der Waals surface area (Å²) in [5.74, 6) is 1.31. The van der Waals surface area contributed by atoms with Gasteiger partial charge in [0, 0.05) is 26.0 Å². The van der Waals surface area contributed by atoms with E-state index >= 15 is 0 Å². The van der Waals surface area contributed by atoms with Crippen LogP contribution < -0.4 is 0 Å². The SMILES string of the molecule is COCCCCn1c(CCl)nc2ccc(C)nc21. The molecule has 2 aromatic heterocycles. The Morgan fingerprint density at radius 3 is 2.83 bits per heavy atom. The maximum absolute atomic E-state index is 5.95. The van der Waals surface area contributed by atoms with E-state index < -0.39 is 0 Å². The summed E-state index contributed by atoms with van der Waals surface area (Å²) in [5.41, 5.74) is 2.85. The van der Waals surface area contributed by atoms with Crippen LogP contribution in [-0.4, -0.2) is 28.3 Å². The third-order valence-electron chi connectivity index (χ3n) is 2.91. The first-order valence-electron chi connectivity index (χ1n) is 6.14. The molecule has 2 aromatic rings. The fraction of sp³-hybridized carbons (Fsp3) is 0.538. The molecule has 0 aliphatic rings. The van der Waals surface area contributed by atoms with Crippen molar-refractivity contribution in [1.82, 2.24) is 14.5 Å². The summed E-state index contributed by atoms with van der Waals surface area (Å²) in [6.07, 6.45) is 2.07. The van der Waals surface area contributed by atoms with Gasteiger partial charge >= 0.3 is 0 Å². The van der Waals surface area contributed by atoms with Crippen molar-refractivity contribution in [3.8, 4) is 0 Å². The Morgan fingerprint density at radius 2 is 2.11 bits per heavy atom. The molecule has 0 radical (unpaired) electrons. The van der Waals surface area contributed by atoms with Crippen molar-refractivity contribution in [1.29, 1.82) is 0 Å². The number of fused-ring (bicyclic) bond motifs is 1. The van der Waals surface area contributed by atoms with Crippen LogP contribution in [0.3, 0.4) is 0 Å². The van der Waals surface area contributed by atoms with E-state index in [1.165, 1.54) is 0 Å². The summed E-state index contributed by atoms with van der Waals surface area (Å²) in [5, 5.41) is 0. The van der Waals surface area contributed by atoms with Crippen LogP contribution in [-0.2, 0) is 17.2 Å². The van der Waals surface area contributed by atoms with Crippen LogP contribution in [0.5, 0.6) is 0 Å². The van der Waals surface area contributed by atoms with Crippen LogP contribution in [0.4, 0.5) is 0 Å². The molecule has 4 nitrogen and oxygen atoms in total. The van der Waals surface area contributed by atoms with Gasteiger partial charge in [-0.3, -0.25) is 0 Å². The molecule has 0 fully saturated rings. The lowest BCUT2D eigenvalue weighted by molar-refractivity contribution is 0.191. The number of hydrogen-bond acceptors (Lipinski definition) is 3. The van der Waals surface area contributed by atoms with Crippen LogP contribution in [0.15, 0.2) is 12.1 Å². The van der Waals surface area contributed by atoms with Gasteiger partial charge in [-0.15, -0.1) is 11.6 Å². The Bertz CT molecular complexity index is 524. The molecular formula is C13H18ClN3O. The average Bonchev–Trinajstić information content (AvgIpc) is 2.72. The van der Waals surface area contributed by atoms with E-state index in [2.05, 4.69) is 14.5 Å². The van der Waals surface area contributed by atoms with Gasteiger partial charge in [-0.05, 0) is 31.9 Å². The summed E-state index contributed by atoms with van der Waals surface area (Å²) in [7, 11) is 1.72. The molecule has 0 saturated heterocycles. The molecule has 2 heterocycles. The van der Waals surface area contributed by atoms with Crippen LogP contribution in [0, 0.1) is 6.92 Å². The number of ether oxygens (including phenoxy) is 1. The predicted octanol–water partition coefficient (Wildman–Crippen LogP) is 2.91.